The monoisotopic (exact) mass is 747 g/mol. The summed E-state index contributed by atoms with van der Waals surface area (Å²) in [7, 11) is 0. The summed E-state index contributed by atoms with van der Waals surface area (Å²) in [5.41, 5.74) is 3.50. The van der Waals surface area contributed by atoms with E-state index in [1.165, 1.54) is 15.9 Å². The van der Waals surface area contributed by atoms with Crippen molar-refractivity contribution in [1.29, 1.82) is 0 Å². The highest BCUT2D eigenvalue weighted by atomic mass is 19.1. The predicted octanol–water partition coefficient (Wildman–Crippen LogP) is 5.26. The number of amides is 5. The predicted molar refractivity (Wildman–Crippen MR) is 195 cm³/mol. The van der Waals surface area contributed by atoms with Crippen LogP contribution in [-0.2, 0) is 36.9 Å². The first-order valence-corrected chi connectivity index (χ1v) is 18.7. The smallest absolute Gasteiger partial charge is 0.410 e. The first kappa shape index (κ1) is 38.6. The van der Waals surface area contributed by atoms with Crippen LogP contribution < -0.4 is 21.0 Å². The highest BCUT2D eigenvalue weighted by Gasteiger charge is 2.61. The Morgan fingerprint density at radius 3 is 2.56 bits per heavy atom. The van der Waals surface area contributed by atoms with E-state index >= 15 is 0 Å². The molecule has 1 unspecified atom stereocenters. The Bertz CT molecular complexity index is 1830. The van der Waals surface area contributed by atoms with Crippen molar-refractivity contribution in [3.8, 4) is 5.75 Å². The number of nitrogens with one attached hydrogen (secondary N) is 3. The summed E-state index contributed by atoms with van der Waals surface area (Å²) in [5, 5.41) is 5.65. The third-order valence-corrected chi connectivity index (χ3v) is 10.5. The molecule has 14 heteroatoms. The molecule has 3 aliphatic heterocycles. The van der Waals surface area contributed by atoms with Gasteiger partial charge in [0.2, 0.25) is 11.8 Å². The molecule has 0 spiro atoms. The zero-order valence-corrected chi connectivity index (χ0v) is 31.5. The second kappa shape index (κ2) is 15.7. The van der Waals surface area contributed by atoms with E-state index in [-0.39, 0.29) is 32.0 Å². The van der Waals surface area contributed by atoms with Gasteiger partial charge in [0.05, 0.1) is 13.1 Å². The Labute approximate surface area is 314 Å². The fourth-order valence-electron chi connectivity index (χ4n) is 7.32. The van der Waals surface area contributed by atoms with Crippen molar-refractivity contribution in [2.75, 3.05) is 6.54 Å². The molecule has 1 saturated heterocycles. The minimum atomic E-state index is -1.35. The molecule has 13 nitrogen and oxygen atoms in total. The zero-order chi connectivity index (χ0) is 38.8. The van der Waals surface area contributed by atoms with Crippen LogP contribution in [0.1, 0.15) is 88.0 Å². The summed E-state index contributed by atoms with van der Waals surface area (Å²) in [4.78, 5) is 77.2. The molecule has 2 fully saturated rings. The van der Waals surface area contributed by atoms with Gasteiger partial charge in [0.25, 0.3) is 5.91 Å². The Balaban J connectivity index is 1.24. The number of alkyl carbamates (subject to hydrolysis) is 1. The van der Waals surface area contributed by atoms with E-state index in [1.54, 1.807) is 45.0 Å². The lowest BCUT2D eigenvalue weighted by molar-refractivity contribution is -0.142. The van der Waals surface area contributed by atoms with Gasteiger partial charge in [-0.05, 0) is 95.2 Å². The maximum Gasteiger partial charge on any atom is 0.410 e. The van der Waals surface area contributed by atoms with E-state index in [4.69, 9.17) is 14.3 Å². The Kier molecular flexibility index (Phi) is 11.2. The minimum absolute atomic E-state index is 0.0266. The number of fused-ring (bicyclic) bond motifs is 3. The molecule has 5 amide bonds. The average Bonchev–Trinajstić information content (AvgIpc) is 3.40. The summed E-state index contributed by atoms with van der Waals surface area (Å²) >= 11 is 0. The molecular formula is C40H50FN5O8. The van der Waals surface area contributed by atoms with Crippen LogP contribution >= 0.6 is 0 Å². The molecule has 2 aromatic carbocycles. The molecule has 1 saturated carbocycles. The van der Waals surface area contributed by atoms with Crippen LogP contribution in [0.15, 0.2) is 48.6 Å². The van der Waals surface area contributed by atoms with Gasteiger partial charge in [0, 0.05) is 24.4 Å². The lowest BCUT2D eigenvalue weighted by Gasteiger charge is -2.30. The lowest BCUT2D eigenvalue weighted by atomic mass is 10.0. The number of hydrogen-bond donors (Lipinski definition) is 3. The van der Waals surface area contributed by atoms with E-state index in [0.29, 0.717) is 36.1 Å². The van der Waals surface area contributed by atoms with Gasteiger partial charge in [-0.2, -0.15) is 5.48 Å². The molecule has 2 aromatic rings. The van der Waals surface area contributed by atoms with Crippen molar-refractivity contribution in [1.82, 2.24) is 25.9 Å². The van der Waals surface area contributed by atoms with Crippen molar-refractivity contribution in [2.24, 2.45) is 5.92 Å². The largest absolute Gasteiger partial charge is 0.444 e. The molecule has 5 atom stereocenters. The number of hydrogen-bond acceptors (Lipinski definition) is 8. The van der Waals surface area contributed by atoms with E-state index in [2.05, 4.69) is 16.1 Å². The first-order valence-electron chi connectivity index (χ1n) is 18.7. The highest BCUT2D eigenvalue weighted by molar-refractivity contribution is 5.98. The SMILES string of the molecule is Cc1ccc(ONC(=O)[C@@]23C[C@H]2/C=C\CCCCC[C@H](NC(=O)OC(C)(C)C)C(=O)N2CC(OC(=O)N4Cc5cccc(F)c5C4)C[C@H]2C(=O)N3)cc1C. The van der Waals surface area contributed by atoms with Gasteiger partial charge in [0.1, 0.15) is 35.1 Å². The van der Waals surface area contributed by atoms with Gasteiger partial charge >= 0.3 is 12.2 Å². The number of carbonyl (C=O) groups is 5. The fraction of sp³-hybridized carbons (Fsp3) is 0.525. The lowest BCUT2D eigenvalue weighted by Crippen LogP contribution is -2.58. The van der Waals surface area contributed by atoms with Crippen LogP contribution in [-0.4, -0.2) is 75.6 Å². The molecule has 0 radical (unpaired) electrons. The molecule has 6 rings (SSSR count). The highest BCUT2D eigenvalue weighted by Crippen LogP contribution is 2.45. The van der Waals surface area contributed by atoms with Gasteiger partial charge in [-0.25, -0.2) is 14.0 Å². The van der Waals surface area contributed by atoms with Crippen LogP contribution in [0.2, 0.25) is 0 Å². The number of halogens is 1. The maximum absolute atomic E-state index is 14.5. The topological polar surface area (TPSA) is 156 Å². The van der Waals surface area contributed by atoms with Crippen LogP contribution in [0.5, 0.6) is 5.75 Å². The third-order valence-electron chi connectivity index (χ3n) is 10.5. The summed E-state index contributed by atoms with van der Waals surface area (Å²) < 4.78 is 25.8. The molecule has 1 aliphatic carbocycles. The van der Waals surface area contributed by atoms with E-state index in [0.717, 1.165) is 30.4 Å². The van der Waals surface area contributed by atoms with E-state index in [1.807, 2.05) is 32.1 Å². The summed E-state index contributed by atoms with van der Waals surface area (Å²) in [6.07, 6.45) is 5.01. The average molecular weight is 748 g/mol. The van der Waals surface area contributed by atoms with Gasteiger partial charge in [-0.3, -0.25) is 19.3 Å². The molecule has 0 bridgehead atoms. The quantitative estimate of drug-likeness (QED) is 0.277. The Hall–Kier alpha value is -5.14. The second-order valence-corrected chi connectivity index (χ2v) is 15.8. The zero-order valence-electron chi connectivity index (χ0n) is 31.5. The van der Waals surface area contributed by atoms with Crippen molar-refractivity contribution < 1.29 is 42.7 Å². The minimum Gasteiger partial charge on any atom is -0.444 e. The van der Waals surface area contributed by atoms with Crippen molar-refractivity contribution in [3.05, 3.63) is 76.6 Å². The number of nitrogens with zero attached hydrogens (tertiary/aromatic N) is 2. The number of carbonyl (C=O) groups excluding carboxylic acids is 5. The standard InChI is InChI=1S/C40H50FN5O8/c1-24-16-17-28(18-25(24)2)54-44-36(49)40-20-27(40)13-9-7-6-8-10-15-32(42-37(50)53-39(3,4)5)35(48)46-22-29(19-33(46)34(47)43-40)52-38(51)45-21-26-12-11-14-31(41)30(26)23-45/h9,11-14,16-18,27,29,32-33H,6-8,10,15,19-23H2,1-5H3,(H,42,50)(H,43,47)(H,44,49)/b13-9-/t27-,29?,32+,33+,40-/m1/s1. The fourth-order valence-corrected chi connectivity index (χ4v) is 7.32. The van der Waals surface area contributed by atoms with Crippen molar-refractivity contribution in [3.63, 3.8) is 0 Å². The Morgan fingerprint density at radius 2 is 1.81 bits per heavy atom. The summed E-state index contributed by atoms with van der Waals surface area (Å²) in [6.45, 7) is 9.10. The van der Waals surface area contributed by atoms with Gasteiger partial charge in [-0.1, -0.05) is 43.2 Å². The van der Waals surface area contributed by atoms with Crippen LogP contribution in [0.25, 0.3) is 0 Å². The number of benzene rings is 2. The van der Waals surface area contributed by atoms with Crippen molar-refractivity contribution in [2.45, 2.75) is 122 Å². The van der Waals surface area contributed by atoms with E-state index in [9.17, 15) is 28.4 Å². The number of aryl methyl sites for hydroxylation is 2. The van der Waals surface area contributed by atoms with E-state index < -0.39 is 65.1 Å². The molecular weight excluding hydrogens is 697 g/mol. The molecule has 3 heterocycles. The first-order chi connectivity index (χ1) is 25.6. The Morgan fingerprint density at radius 1 is 1.02 bits per heavy atom. The van der Waals surface area contributed by atoms with Gasteiger partial charge in [-0.15, -0.1) is 0 Å². The van der Waals surface area contributed by atoms with Gasteiger partial charge < -0.3 is 29.8 Å². The molecule has 290 valence electrons. The number of ether oxygens (including phenoxy) is 2. The summed E-state index contributed by atoms with van der Waals surface area (Å²) in [5.74, 6) is -1.99. The number of hydroxylamine groups is 1. The third kappa shape index (κ3) is 8.79. The molecule has 4 aliphatic rings. The molecule has 3 N–H and O–H groups in total. The van der Waals surface area contributed by atoms with Gasteiger partial charge in [0.15, 0.2) is 5.75 Å². The maximum atomic E-state index is 14.5. The normalized spacial score (nSPS) is 26.2. The van der Waals surface area contributed by atoms with Crippen molar-refractivity contribution >= 4 is 29.9 Å². The summed E-state index contributed by atoms with van der Waals surface area (Å²) in [6, 6.07) is 7.91. The van der Waals surface area contributed by atoms with Crippen LogP contribution in [0, 0.1) is 25.6 Å². The van der Waals surface area contributed by atoms with Crippen LogP contribution in [0.4, 0.5) is 14.0 Å². The second-order valence-electron chi connectivity index (χ2n) is 15.8. The molecule has 0 aromatic heterocycles. The number of rotatable bonds is 5. The molecule has 54 heavy (non-hydrogen) atoms. The van der Waals surface area contributed by atoms with Crippen LogP contribution in [0.3, 0.4) is 0 Å². The number of allylic oxidation sites excluding steroid dienone is 1.